The fourth-order valence-corrected chi connectivity index (χ4v) is 5.42. The van der Waals surface area contributed by atoms with E-state index in [-0.39, 0.29) is 10.8 Å². The Morgan fingerprint density at radius 1 is 1.00 bits per heavy atom. The lowest BCUT2D eigenvalue weighted by molar-refractivity contribution is 0.102. The van der Waals surface area contributed by atoms with E-state index in [1.165, 1.54) is 23.5 Å². The number of fused-ring (bicyclic) bond motifs is 1. The van der Waals surface area contributed by atoms with Crippen molar-refractivity contribution in [3.05, 3.63) is 54.1 Å². The van der Waals surface area contributed by atoms with Gasteiger partial charge < -0.3 is 0 Å². The third-order valence-electron chi connectivity index (χ3n) is 4.79. The first kappa shape index (κ1) is 22.4. The van der Waals surface area contributed by atoms with Crippen LogP contribution in [-0.4, -0.2) is 36.7 Å². The summed E-state index contributed by atoms with van der Waals surface area (Å²) >= 11 is 1.40. The van der Waals surface area contributed by atoms with Crippen molar-refractivity contribution in [3.8, 4) is 0 Å². The van der Waals surface area contributed by atoms with Crippen LogP contribution in [0.2, 0.25) is 0 Å². The van der Waals surface area contributed by atoms with Crippen LogP contribution in [0.1, 0.15) is 49.9 Å². The number of carbonyl (C=O) groups is 1. The lowest BCUT2D eigenvalue weighted by Gasteiger charge is -2.22. The average molecular weight is 446 g/mol. The summed E-state index contributed by atoms with van der Waals surface area (Å²) in [6.07, 6.45) is 3.52. The van der Waals surface area contributed by atoms with Gasteiger partial charge >= 0.3 is 0 Å². The third-order valence-corrected chi connectivity index (χ3v) is 7.66. The fourth-order valence-electron chi connectivity index (χ4n) is 3.04. The van der Waals surface area contributed by atoms with E-state index in [4.69, 9.17) is 0 Å². The van der Waals surface area contributed by atoms with E-state index >= 15 is 0 Å². The fraction of sp³-hybridized carbons (Fsp3) is 0.364. The molecule has 0 bridgehead atoms. The minimum atomic E-state index is -3.57. The van der Waals surface area contributed by atoms with Gasteiger partial charge in [0.1, 0.15) is 0 Å². The number of sulfonamides is 1. The van der Waals surface area contributed by atoms with Gasteiger partial charge in [0, 0.05) is 18.7 Å². The first-order valence-electron chi connectivity index (χ1n) is 10.2. The number of carbonyl (C=O) groups excluding carboxylic acids is 1. The SMILES string of the molecule is CCCCN(CCCC)S(=O)(=O)c1ccc(C(=O)Nc2nc3ccccc3s2)cc1. The second-order valence-electron chi connectivity index (χ2n) is 7.08. The summed E-state index contributed by atoms with van der Waals surface area (Å²) in [7, 11) is -3.57. The molecule has 30 heavy (non-hydrogen) atoms. The molecule has 0 atom stereocenters. The molecule has 3 aromatic rings. The highest BCUT2D eigenvalue weighted by Gasteiger charge is 2.23. The number of aromatic nitrogens is 1. The molecule has 0 spiro atoms. The van der Waals surface area contributed by atoms with Crippen molar-refractivity contribution in [1.82, 2.24) is 9.29 Å². The van der Waals surface area contributed by atoms with Crippen LogP contribution in [0.25, 0.3) is 10.2 Å². The van der Waals surface area contributed by atoms with Crippen LogP contribution >= 0.6 is 11.3 Å². The molecule has 6 nitrogen and oxygen atoms in total. The number of hydrogen-bond acceptors (Lipinski definition) is 5. The molecule has 0 aliphatic rings. The summed E-state index contributed by atoms with van der Waals surface area (Å²) in [5, 5.41) is 3.31. The van der Waals surface area contributed by atoms with Crippen LogP contribution < -0.4 is 5.32 Å². The Morgan fingerprint density at radius 2 is 1.63 bits per heavy atom. The van der Waals surface area contributed by atoms with Crippen molar-refractivity contribution in [1.29, 1.82) is 0 Å². The summed E-state index contributed by atoms with van der Waals surface area (Å²) in [5.41, 5.74) is 1.22. The van der Waals surface area contributed by atoms with Gasteiger partial charge in [-0.1, -0.05) is 50.2 Å². The summed E-state index contributed by atoms with van der Waals surface area (Å²) in [4.78, 5) is 17.2. The first-order valence-corrected chi connectivity index (χ1v) is 12.5. The minimum Gasteiger partial charge on any atom is -0.298 e. The van der Waals surface area contributed by atoms with Gasteiger partial charge in [-0.2, -0.15) is 4.31 Å². The number of hydrogen-bond donors (Lipinski definition) is 1. The van der Waals surface area contributed by atoms with Crippen molar-refractivity contribution < 1.29 is 13.2 Å². The quantitative estimate of drug-likeness (QED) is 0.469. The highest BCUT2D eigenvalue weighted by molar-refractivity contribution is 7.89. The number of nitrogens with zero attached hydrogens (tertiary/aromatic N) is 2. The lowest BCUT2D eigenvalue weighted by Crippen LogP contribution is -2.33. The minimum absolute atomic E-state index is 0.214. The first-order chi connectivity index (χ1) is 14.5. The van der Waals surface area contributed by atoms with E-state index in [9.17, 15) is 13.2 Å². The standard InChI is InChI=1S/C22H27N3O3S2/c1-3-5-15-25(16-6-4-2)30(27,28)18-13-11-17(12-14-18)21(26)24-22-23-19-9-7-8-10-20(19)29-22/h7-14H,3-6,15-16H2,1-2H3,(H,23,24,26). The summed E-state index contributed by atoms with van der Waals surface area (Å²) in [6, 6.07) is 13.8. The normalized spacial score (nSPS) is 11.8. The van der Waals surface area contributed by atoms with Crippen molar-refractivity contribution in [2.24, 2.45) is 0 Å². The molecular formula is C22H27N3O3S2. The molecule has 0 aliphatic heterocycles. The van der Waals surface area contributed by atoms with Crippen molar-refractivity contribution >= 4 is 42.6 Å². The Kier molecular flexibility index (Phi) is 7.58. The molecule has 3 rings (SSSR count). The van der Waals surface area contributed by atoms with Gasteiger partial charge in [-0.25, -0.2) is 13.4 Å². The number of rotatable bonds is 10. The monoisotopic (exact) mass is 445 g/mol. The molecule has 0 saturated heterocycles. The van der Waals surface area contributed by atoms with Crippen LogP contribution in [0.15, 0.2) is 53.4 Å². The van der Waals surface area contributed by atoms with Gasteiger partial charge in [-0.15, -0.1) is 0 Å². The van der Waals surface area contributed by atoms with E-state index in [1.54, 1.807) is 16.4 Å². The number of anilines is 1. The van der Waals surface area contributed by atoms with E-state index in [2.05, 4.69) is 10.3 Å². The number of thiazole rings is 1. The van der Waals surface area contributed by atoms with Crippen LogP contribution in [0.5, 0.6) is 0 Å². The molecule has 0 radical (unpaired) electrons. The number of amides is 1. The molecule has 0 aliphatic carbocycles. The Labute approximate surface area is 182 Å². The topological polar surface area (TPSA) is 79.4 Å². The van der Waals surface area contributed by atoms with E-state index in [0.717, 1.165) is 35.9 Å². The highest BCUT2D eigenvalue weighted by atomic mass is 32.2. The smallest absolute Gasteiger partial charge is 0.257 e. The summed E-state index contributed by atoms with van der Waals surface area (Å²) in [5.74, 6) is -0.313. The second kappa shape index (κ2) is 10.1. The molecule has 1 amide bonds. The van der Waals surface area contributed by atoms with Crippen LogP contribution in [0, 0.1) is 0 Å². The number of unbranched alkanes of at least 4 members (excludes halogenated alkanes) is 2. The molecular weight excluding hydrogens is 418 g/mol. The Hall–Kier alpha value is -2.29. The summed E-state index contributed by atoms with van der Waals surface area (Å²) in [6.45, 7) is 5.12. The maximum atomic E-state index is 13.0. The van der Waals surface area contributed by atoms with Crippen LogP contribution in [0.3, 0.4) is 0 Å². The van der Waals surface area contributed by atoms with Crippen molar-refractivity contribution in [2.45, 2.75) is 44.4 Å². The molecule has 1 aromatic heterocycles. The Balaban J connectivity index is 1.74. The van der Waals surface area contributed by atoms with Crippen molar-refractivity contribution in [3.63, 3.8) is 0 Å². The van der Waals surface area contributed by atoms with Gasteiger partial charge in [0.05, 0.1) is 15.1 Å². The maximum absolute atomic E-state index is 13.0. The van der Waals surface area contributed by atoms with E-state index in [0.29, 0.717) is 23.8 Å². The predicted molar refractivity (Wildman–Crippen MR) is 123 cm³/mol. The number of nitrogens with one attached hydrogen (secondary N) is 1. The van der Waals surface area contributed by atoms with E-state index < -0.39 is 10.0 Å². The lowest BCUT2D eigenvalue weighted by atomic mass is 10.2. The highest BCUT2D eigenvalue weighted by Crippen LogP contribution is 2.26. The van der Waals surface area contributed by atoms with Crippen LogP contribution in [0.4, 0.5) is 5.13 Å². The molecule has 1 heterocycles. The molecule has 8 heteroatoms. The van der Waals surface area contributed by atoms with Gasteiger partial charge in [0.25, 0.3) is 5.91 Å². The van der Waals surface area contributed by atoms with Crippen LogP contribution in [-0.2, 0) is 10.0 Å². The zero-order valence-electron chi connectivity index (χ0n) is 17.3. The largest absolute Gasteiger partial charge is 0.298 e. The van der Waals surface area contributed by atoms with Crippen molar-refractivity contribution in [2.75, 3.05) is 18.4 Å². The Bertz CT molecular complexity index is 1050. The maximum Gasteiger partial charge on any atom is 0.257 e. The van der Waals surface area contributed by atoms with Gasteiger partial charge in [-0.05, 0) is 49.2 Å². The average Bonchev–Trinajstić information content (AvgIpc) is 3.16. The number of para-hydroxylation sites is 1. The zero-order valence-corrected chi connectivity index (χ0v) is 18.9. The van der Waals surface area contributed by atoms with Gasteiger partial charge in [-0.3, -0.25) is 10.1 Å². The summed E-state index contributed by atoms with van der Waals surface area (Å²) < 4.78 is 28.6. The molecule has 2 aromatic carbocycles. The molecule has 0 unspecified atom stereocenters. The Morgan fingerprint density at radius 3 is 2.23 bits per heavy atom. The van der Waals surface area contributed by atoms with Gasteiger partial charge in [0.15, 0.2) is 5.13 Å². The van der Waals surface area contributed by atoms with Gasteiger partial charge in [0.2, 0.25) is 10.0 Å². The molecule has 1 N–H and O–H groups in total. The van der Waals surface area contributed by atoms with E-state index in [1.807, 2.05) is 38.1 Å². The third kappa shape index (κ3) is 5.24. The number of benzene rings is 2. The second-order valence-corrected chi connectivity index (χ2v) is 10.0. The molecule has 0 saturated carbocycles. The predicted octanol–water partition coefficient (Wildman–Crippen LogP) is 5.14. The molecule has 160 valence electrons. The zero-order chi connectivity index (χ0) is 21.6. The molecule has 0 fully saturated rings.